The Kier molecular flexibility index (Phi) is 6.00. The van der Waals surface area contributed by atoms with E-state index in [-0.39, 0.29) is 18.5 Å². The van der Waals surface area contributed by atoms with E-state index in [1.54, 1.807) is 18.2 Å². The number of ether oxygens (including phenoxy) is 3. The fourth-order valence-corrected chi connectivity index (χ4v) is 4.10. The van der Waals surface area contributed by atoms with Gasteiger partial charge in [0.05, 0.1) is 26.0 Å². The molecule has 0 radical (unpaired) electrons. The van der Waals surface area contributed by atoms with Crippen LogP contribution < -0.4 is 19.1 Å². The van der Waals surface area contributed by atoms with Gasteiger partial charge in [0.15, 0.2) is 23.6 Å². The molecular weight excluding hydrogens is 468 g/mol. The Morgan fingerprint density at radius 1 is 1.00 bits per heavy atom. The van der Waals surface area contributed by atoms with Gasteiger partial charge in [0.2, 0.25) is 11.7 Å². The summed E-state index contributed by atoms with van der Waals surface area (Å²) in [6.45, 7) is 3.93. The van der Waals surface area contributed by atoms with E-state index in [2.05, 4.69) is 20.5 Å². The van der Waals surface area contributed by atoms with Gasteiger partial charge in [0, 0.05) is 11.6 Å². The van der Waals surface area contributed by atoms with Crippen molar-refractivity contribution in [3.63, 3.8) is 0 Å². The zero-order valence-corrected chi connectivity index (χ0v) is 20.1. The normalized spacial score (nSPS) is 18.8. The summed E-state index contributed by atoms with van der Waals surface area (Å²) >= 11 is 0. The number of rotatable bonds is 8. The maximum atomic E-state index is 13.3. The van der Waals surface area contributed by atoms with E-state index in [0.717, 1.165) is 16.2 Å². The van der Waals surface area contributed by atoms with Crippen LogP contribution in [0.1, 0.15) is 19.7 Å². The maximum Gasteiger partial charge on any atom is 0.263 e. The van der Waals surface area contributed by atoms with Crippen LogP contribution in [0, 0.1) is 0 Å². The third kappa shape index (κ3) is 4.10. The lowest BCUT2D eigenvalue weighted by molar-refractivity contribution is -0.123. The topological polar surface area (TPSA) is 132 Å². The number of hydrogen-bond donors (Lipinski definition) is 0. The second-order valence-electron chi connectivity index (χ2n) is 8.45. The number of amides is 2. The summed E-state index contributed by atoms with van der Waals surface area (Å²) in [5, 5.41) is 13.5. The minimum Gasteiger partial charge on any atom is -0.493 e. The quantitative estimate of drug-likeness (QED) is 0.435. The molecule has 2 atom stereocenters. The number of aromatic nitrogens is 2. The number of benzene rings is 2. The second kappa shape index (κ2) is 9.29. The number of hydrogen-bond acceptors (Lipinski definition) is 11. The van der Waals surface area contributed by atoms with Gasteiger partial charge in [0.25, 0.3) is 11.8 Å². The van der Waals surface area contributed by atoms with Crippen LogP contribution in [0.25, 0.3) is 11.4 Å². The highest BCUT2D eigenvalue weighted by Crippen LogP contribution is 2.37. The van der Waals surface area contributed by atoms with Crippen LogP contribution in [0.15, 0.2) is 57.3 Å². The first-order valence-electron chi connectivity index (χ1n) is 11.3. The molecule has 2 aromatic carbocycles. The van der Waals surface area contributed by atoms with Crippen molar-refractivity contribution in [2.45, 2.75) is 38.6 Å². The van der Waals surface area contributed by atoms with E-state index in [0.29, 0.717) is 23.0 Å². The van der Waals surface area contributed by atoms with E-state index >= 15 is 0 Å². The average Bonchev–Trinajstić information content (AvgIpc) is 3.57. The molecular formula is C24H24N6O6. The highest BCUT2D eigenvalue weighted by atomic mass is 16.5. The SMILES string of the molecule is COc1ccc(N2C(=O)C3N=NN(Cc4nc(-c5ccc(OC(C)C)cc5)no4)C3C2=O)cc1OC. The lowest BCUT2D eigenvalue weighted by atomic mass is 10.1. The Hall–Kier alpha value is -4.48. The molecule has 12 nitrogen and oxygen atoms in total. The van der Waals surface area contributed by atoms with E-state index < -0.39 is 23.9 Å². The minimum absolute atomic E-state index is 0.0189. The van der Waals surface area contributed by atoms with E-state index in [1.807, 2.05) is 38.1 Å². The molecule has 1 aromatic heterocycles. The van der Waals surface area contributed by atoms with Gasteiger partial charge >= 0.3 is 0 Å². The zero-order valence-electron chi connectivity index (χ0n) is 20.1. The van der Waals surface area contributed by atoms with Crippen molar-refractivity contribution < 1.29 is 28.3 Å². The molecule has 36 heavy (non-hydrogen) atoms. The number of nitrogens with zero attached hydrogens (tertiary/aromatic N) is 6. The zero-order chi connectivity index (χ0) is 25.4. The van der Waals surface area contributed by atoms with Crippen LogP contribution in [-0.4, -0.2) is 59.4 Å². The lowest BCUT2D eigenvalue weighted by Gasteiger charge is -2.20. The number of anilines is 1. The van der Waals surface area contributed by atoms with Crippen molar-refractivity contribution in [3.8, 4) is 28.6 Å². The van der Waals surface area contributed by atoms with Crippen molar-refractivity contribution in [3.05, 3.63) is 48.4 Å². The van der Waals surface area contributed by atoms with Gasteiger partial charge in [-0.15, -0.1) is 0 Å². The molecule has 1 fully saturated rings. The molecule has 2 aliphatic heterocycles. The molecule has 186 valence electrons. The Morgan fingerprint density at radius 2 is 1.75 bits per heavy atom. The Morgan fingerprint density at radius 3 is 2.44 bits per heavy atom. The van der Waals surface area contributed by atoms with Gasteiger partial charge in [-0.1, -0.05) is 10.4 Å². The molecule has 12 heteroatoms. The van der Waals surface area contributed by atoms with Gasteiger partial charge in [-0.25, -0.2) is 4.90 Å². The molecule has 2 amide bonds. The van der Waals surface area contributed by atoms with Crippen LogP contribution in [0.4, 0.5) is 5.69 Å². The minimum atomic E-state index is -0.957. The predicted octanol–water partition coefficient (Wildman–Crippen LogP) is 3.03. The highest BCUT2D eigenvalue weighted by molar-refractivity contribution is 6.25. The number of imide groups is 1. The molecule has 3 aromatic rings. The molecule has 1 saturated heterocycles. The van der Waals surface area contributed by atoms with Crippen molar-refractivity contribution in [1.29, 1.82) is 0 Å². The third-order valence-electron chi connectivity index (χ3n) is 5.73. The van der Waals surface area contributed by atoms with Crippen molar-refractivity contribution in [1.82, 2.24) is 15.1 Å². The van der Waals surface area contributed by atoms with Crippen LogP contribution in [0.2, 0.25) is 0 Å². The van der Waals surface area contributed by atoms with Crippen molar-refractivity contribution in [2.24, 2.45) is 10.3 Å². The summed E-state index contributed by atoms with van der Waals surface area (Å²) in [7, 11) is 2.98. The molecule has 2 aliphatic rings. The smallest absolute Gasteiger partial charge is 0.263 e. The number of methoxy groups -OCH3 is 2. The van der Waals surface area contributed by atoms with E-state index in [4.69, 9.17) is 18.7 Å². The van der Waals surface area contributed by atoms with Gasteiger partial charge in [0.1, 0.15) is 12.3 Å². The van der Waals surface area contributed by atoms with Crippen molar-refractivity contribution in [2.75, 3.05) is 19.1 Å². The summed E-state index contributed by atoms with van der Waals surface area (Å²) < 4.78 is 21.6. The first-order valence-corrected chi connectivity index (χ1v) is 11.3. The molecule has 0 aliphatic carbocycles. The second-order valence-corrected chi connectivity index (χ2v) is 8.45. The van der Waals surface area contributed by atoms with Gasteiger partial charge in [-0.2, -0.15) is 10.1 Å². The van der Waals surface area contributed by atoms with Gasteiger partial charge < -0.3 is 18.7 Å². The molecule has 3 heterocycles. The summed E-state index contributed by atoms with van der Waals surface area (Å²) in [6.07, 6.45) is 0.0685. The maximum absolute atomic E-state index is 13.3. The number of carbonyl (C=O) groups is 2. The first kappa shape index (κ1) is 23.3. The third-order valence-corrected chi connectivity index (χ3v) is 5.73. The van der Waals surface area contributed by atoms with Gasteiger partial charge in [-0.3, -0.25) is 14.6 Å². The molecule has 0 N–H and O–H groups in total. The standard InChI is InChI=1S/C24H24N6O6/c1-13(2)35-16-8-5-14(6-9-16)22-25-19(36-27-22)12-29-21-20(26-28-29)23(31)30(24(21)32)15-7-10-17(33-3)18(11-15)34-4/h5-11,13,20-21H,12H2,1-4H3. The molecule has 5 rings (SSSR count). The molecule has 0 saturated carbocycles. The summed E-state index contributed by atoms with van der Waals surface area (Å²) in [5.74, 6) is 1.31. The predicted molar refractivity (Wildman–Crippen MR) is 126 cm³/mol. The van der Waals surface area contributed by atoms with E-state index in [9.17, 15) is 9.59 Å². The molecule has 2 unspecified atom stereocenters. The van der Waals surface area contributed by atoms with Crippen LogP contribution in [-0.2, 0) is 16.1 Å². The summed E-state index contributed by atoms with van der Waals surface area (Å²) in [6, 6.07) is 10.3. The molecule has 0 bridgehead atoms. The Labute approximate surface area is 206 Å². The van der Waals surface area contributed by atoms with Gasteiger partial charge in [-0.05, 0) is 50.2 Å². The fourth-order valence-electron chi connectivity index (χ4n) is 4.10. The Bertz CT molecular complexity index is 1320. The lowest BCUT2D eigenvalue weighted by Crippen LogP contribution is -2.39. The van der Waals surface area contributed by atoms with Crippen LogP contribution in [0.5, 0.6) is 17.2 Å². The number of carbonyl (C=O) groups excluding carboxylic acids is 2. The highest BCUT2D eigenvalue weighted by Gasteiger charge is 2.55. The largest absolute Gasteiger partial charge is 0.493 e. The average molecular weight is 492 g/mol. The molecule has 0 spiro atoms. The number of fused-ring (bicyclic) bond motifs is 1. The first-order chi connectivity index (χ1) is 17.4. The summed E-state index contributed by atoms with van der Waals surface area (Å²) in [4.78, 5) is 31.8. The van der Waals surface area contributed by atoms with Crippen LogP contribution in [0.3, 0.4) is 0 Å². The van der Waals surface area contributed by atoms with E-state index in [1.165, 1.54) is 19.2 Å². The monoisotopic (exact) mass is 492 g/mol. The fraction of sp³-hybridized carbons (Fsp3) is 0.333. The summed E-state index contributed by atoms with van der Waals surface area (Å²) in [5.41, 5.74) is 1.10. The van der Waals surface area contributed by atoms with Crippen molar-refractivity contribution >= 4 is 17.5 Å². The Balaban J connectivity index is 1.32. The van der Waals surface area contributed by atoms with Crippen LogP contribution >= 0.6 is 0 Å².